The summed E-state index contributed by atoms with van der Waals surface area (Å²) in [6.07, 6.45) is 0.884. The second kappa shape index (κ2) is 12.3. The zero-order chi connectivity index (χ0) is 29.8. The van der Waals surface area contributed by atoms with Gasteiger partial charge >= 0.3 is 5.97 Å². The van der Waals surface area contributed by atoms with Crippen molar-refractivity contribution in [3.05, 3.63) is 126 Å². The second-order valence-electron chi connectivity index (χ2n) is 10.5. The van der Waals surface area contributed by atoms with Crippen LogP contribution in [0, 0.1) is 0 Å². The highest BCUT2D eigenvalue weighted by Crippen LogP contribution is 2.29. The number of amides is 2. The van der Waals surface area contributed by atoms with Crippen molar-refractivity contribution in [2.24, 2.45) is 0 Å². The summed E-state index contributed by atoms with van der Waals surface area (Å²) in [5, 5.41) is 13.2. The number of carbonyl (C=O) groups is 3. The first kappa shape index (κ1) is 27.9. The Bertz CT molecular complexity index is 1650. The van der Waals surface area contributed by atoms with Crippen molar-refractivity contribution in [3.63, 3.8) is 0 Å². The van der Waals surface area contributed by atoms with Gasteiger partial charge in [0.05, 0.1) is 6.04 Å². The summed E-state index contributed by atoms with van der Waals surface area (Å²) in [5.41, 5.74) is 3.15. The number of aromatic amines is 1. The number of para-hydroxylation sites is 1. The van der Waals surface area contributed by atoms with E-state index in [4.69, 9.17) is 4.42 Å². The van der Waals surface area contributed by atoms with E-state index in [1.807, 2.05) is 60.7 Å². The normalized spacial score (nSPS) is 14.6. The first-order valence-electron chi connectivity index (χ1n) is 14.1. The molecule has 10 heteroatoms. The van der Waals surface area contributed by atoms with E-state index in [1.54, 1.807) is 11.0 Å². The van der Waals surface area contributed by atoms with E-state index < -0.39 is 17.9 Å². The van der Waals surface area contributed by atoms with Gasteiger partial charge in [0.25, 0.3) is 5.91 Å². The Labute approximate surface area is 247 Å². The number of rotatable bonds is 9. The molecular formula is C33H31N5O5. The van der Waals surface area contributed by atoms with Gasteiger partial charge in [-0.25, -0.2) is 9.78 Å². The van der Waals surface area contributed by atoms with Crippen LogP contribution in [0.2, 0.25) is 0 Å². The largest absolute Gasteiger partial charge is 0.476 e. The Morgan fingerprint density at radius 1 is 0.884 bits per heavy atom. The van der Waals surface area contributed by atoms with Crippen molar-refractivity contribution in [1.82, 2.24) is 25.1 Å². The molecule has 3 N–H and O–H groups in total. The average Bonchev–Trinajstić information content (AvgIpc) is 3.70. The van der Waals surface area contributed by atoms with Crippen LogP contribution in [0.15, 0.2) is 102 Å². The van der Waals surface area contributed by atoms with Crippen molar-refractivity contribution >= 4 is 28.7 Å². The molecule has 2 aromatic heterocycles. The number of carbonyl (C=O) groups excluding carboxylic acids is 2. The lowest BCUT2D eigenvalue weighted by atomic mass is 9.96. The molecule has 0 aliphatic carbocycles. The molecule has 1 unspecified atom stereocenters. The Balaban J connectivity index is 1.21. The molecule has 1 atom stereocenters. The summed E-state index contributed by atoms with van der Waals surface area (Å²) in [7, 11) is 0. The van der Waals surface area contributed by atoms with Crippen LogP contribution in [0.25, 0.3) is 10.9 Å². The van der Waals surface area contributed by atoms with E-state index >= 15 is 0 Å². The monoisotopic (exact) mass is 577 g/mol. The van der Waals surface area contributed by atoms with Crippen LogP contribution in [0.4, 0.5) is 0 Å². The van der Waals surface area contributed by atoms with E-state index in [1.165, 1.54) is 11.1 Å². The maximum absolute atomic E-state index is 13.9. The quantitative estimate of drug-likeness (QED) is 0.240. The van der Waals surface area contributed by atoms with Crippen LogP contribution in [-0.2, 0) is 11.2 Å². The zero-order valence-electron chi connectivity index (χ0n) is 23.3. The third kappa shape index (κ3) is 6.05. The number of H-pyrrole nitrogens is 1. The summed E-state index contributed by atoms with van der Waals surface area (Å²) in [6, 6.07) is 28.7. The number of carboxylic acids is 1. The highest BCUT2D eigenvalue weighted by Gasteiger charge is 2.34. The van der Waals surface area contributed by atoms with Gasteiger partial charge < -0.3 is 24.7 Å². The summed E-state index contributed by atoms with van der Waals surface area (Å²) in [5.74, 6) is -2.03. The molecular weight excluding hydrogens is 546 g/mol. The maximum atomic E-state index is 13.9. The molecule has 43 heavy (non-hydrogen) atoms. The number of nitrogens with one attached hydrogen (secondary N) is 2. The minimum absolute atomic E-state index is 0.0228. The average molecular weight is 578 g/mol. The van der Waals surface area contributed by atoms with E-state index in [0.29, 0.717) is 31.9 Å². The fourth-order valence-electron chi connectivity index (χ4n) is 5.71. The van der Waals surface area contributed by atoms with E-state index in [9.17, 15) is 19.5 Å². The molecule has 0 saturated carbocycles. The molecule has 0 radical (unpaired) electrons. The molecule has 1 aliphatic heterocycles. The maximum Gasteiger partial charge on any atom is 0.358 e. The van der Waals surface area contributed by atoms with E-state index in [-0.39, 0.29) is 29.8 Å². The number of piperazine rings is 1. The molecule has 2 amide bonds. The lowest BCUT2D eigenvalue weighted by Crippen LogP contribution is -2.56. The molecule has 5 aromatic rings. The Kier molecular flexibility index (Phi) is 8.01. The van der Waals surface area contributed by atoms with Crippen LogP contribution in [-0.4, -0.2) is 74.9 Å². The van der Waals surface area contributed by atoms with Gasteiger partial charge in [-0.05, 0) is 23.3 Å². The molecule has 1 fully saturated rings. The molecule has 10 nitrogen and oxygen atoms in total. The Hall–Kier alpha value is -5.22. The molecule has 3 heterocycles. The zero-order valence-corrected chi connectivity index (χ0v) is 23.3. The standard InChI is InChI=1S/C33H31N5O5/c39-31(26-19-24-13-7-8-14-25(24)35-26)36-27(20-28-29(33(41)42)34-21-43-28)32(40)38-17-15-37(16-18-38)30(22-9-3-1-4-10-22)23-11-5-2-6-12-23/h1-14,19,21,27,30,35H,15-18,20H2,(H,36,39)(H,41,42). The van der Waals surface area contributed by atoms with Crippen LogP contribution in [0.1, 0.15) is 43.9 Å². The van der Waals surface area contributed by atoms with Crippen molar-refractivity contribution in [1.29, 1.82) is 0 Å². The van der Waals surface area contributed by atoms with Crippen LogP contribution in [0.5, 0.6) is 0 Å². The predicted molar refractivity (Wildman–Crippen MR) is 160 cm³/mol. The molecule has 218 valence electrons. The number of hydrogen-bond acceptors (Lipinski definition) is 6. The Morgan fingerprint density at radius 3 is 2.14 bits per heavy atom. The van der Waals surface area contributed by atoms with Crippen LogP contribution in [0.3, 0.4) is 0 Å². The minimum atomic E-state index is -1.27. The Morgan fingerprint density at radius 2 is 1.51 bits per heavy atom. The SMILES string of the molecule is O=C(NC(Cc1ocnc1C(=O)O)C(=O)N1CCN(C(c2ccccc2)c2ccccc2)CC1)c1cc2ccccc2[nH]1. The predicted octanol–water partition coefficient (Wildman–Crippen LogP) is 4.13. The van der Waals surface area contributed by atoms with Crippen LogP contribution >= 0.6 is 0 Å². The molecule has 1 aliphatic rings. The second-order valence-corrected chi connectivity index (χ2v) is 10.5. The van der Waals surface area contributed by atoms with E-state index in [0.717, 1.165) is 17.3 Å². The number of benzene rings is 3. The van der Waals surface area contributed by atoms with Gasteiger partial charge in [0.2, 0.25) is 5.91 Å². The summed E-state index contributed by atoms with van der Waals surface area (Å²) < 4.78 is 5.35. The number of hydrogen-bond donors (Lipinski definition) is 3. The molecule has 1 saturated heterocycles. The van der Waals surface area contributed by atoms with Crippen molar-refractivity contribution < 1.29 is 23.9 Å². The number of aromatic carboxylic acids is 1. The van der Waals surface area contributed by atoms with Gasteiger partial charge in [-0.2, -0.15) is 0 Å². The van der Waals surface area contributed by atoms with Gasteiger partial charge in [0.1, 0.15) is 17.5 Å². The third-order valence-corrected chi connectivity index (χ3v) is 7.83. The molecule has 0 spiro atoms. The van der Waals surface area contributed by atoms with Crippen molar-refractivity contribution in [2.75, 3.05) is 26.2 Å². The minimum Gasteiger partial charge on any atom is -0.476 e. The van der Waals surface area contributed by atoms with E-state index in [2.05, 4.69) is 44.5 Å². The molecule has 3 aromatic carbocycles. The highest BCUT2D eigenvalue weighted by atomic mass is 16.4. The number of aromatic nitrogens is 2. The lowest BCUT2D eigenvalue weighted by molar-refractivity contribution is -0.135. The molecule has 6 rings (SSSR count). The number of carboxylic acid groups (broad SMARTS) is 1. The van der Waals surface area contributed by atoms with Gasteiger partial charge in [-0.3, -0.25) is 14.5 Å². The third-order valence-electron chi connectivity index (χ3n) is 7.83. The summed E-state index contributed by atoms with van der Waals surface area (Å²) in [4.78, 5) is 49.9. The first-order chi connectivity index (χ1) is 21.0. The molecule has 0 bridgehead atoms. The fraction of sp³-hybridized carbons (Fsp3) is 0.212. The highest BCUT2D eigenvalue weighted by molar-refractivity contribution is 6.00. The smallest absolute Gasteiger partial charge is 0.358 e. The number of nitrogens with zero attached hydrogens (tertiary/aromatic N) is 3. The summed E-state index contributed by atoms with van der Waals surface area (Å²) >= 11 is 0. The van der Waals surface area contributed by atoms with Crippen LogP contribution < -0.4 is 5.32 Å². The lowest BCUT2D eigenvalue weighted by Gasteiger charge is -2.40. The number of oxazole rings is 1. The topological polar surface area (TPSA) is 132 Å². The summed E-state index contributed by atoms with van der Waals surface area (Å²) in [6.45, 7) is 2.11. The fourth-order valence-corrected chi connectivity index (χ4v) is 5.71. The van der Waals surface area contributed by atoms with Gasteiger partial charge in [-0.15, -0.1) is 0 Å². The van der Waals surface area contributed by atoms with Crippen molar-refractivity contribution in [3.8, 4) is 0 Å². The first-order valence-corrected chi connectivity index (χ1v) is 14.1. The number of fused-ring (bicyclic) bond motifs is 1. The van der Waals surface area contributed by atoms with Gasteiger partial charge in [0.15, 0.2) is 12.1 Å². The van der Waals surface area contributed by atoms with Gasteiger partial charge in [-0.1, -0.05) is 78.9 Å². The van der Waals surface area contributed by atoms with Gasteiger partial charge in [0, 0.05) is 43.5 Å². The van der Waals surface area contributed by atoms with Crippen molar-refractivity contribution in [2.45, 2.75) is 18.5 Å².